The molecule has 352 valence electrons. The predicted molar refractivity (Wildman–Crippen MR) is 265 cm³/mol. The summed E-state index contributed by atoms with van der Waals surface area (Å²) in [7, 11) is 0. The largest absolute Gasteiger partial charge is 0.462 e. The molecule has 1 unspecified atom stereocenters. The highest BCUT2D eigenvalue weighted by atomic mass is 16.6. The lowest BCUT2D eigenvalue weighted by Gasteiger charge is -2.18. The van der Waals surface area contributed by atoms with Crippen molar-refractivity contribution in [2.45, 2.75) is 226 Å². The molecule has 0 amide bonds. The third-order valence-electron chi connectivity index (χ3n) is 10.3. The molecule has 0 aromatic rings. The molecule has 62 heavy (non-hydrogen) atoms. The van der Waals surface area contributed by atoms with E-state index in [9.17, 15) is 14.4 Å². The first-order chi connectivity index (χ1) is 30.5. The van der Waals surface area contributed by atoms with Crippen molar-refractivity contribution < 1.29 is 28.6 Å². The van der Waals surface area contributed by atoms with Gasteiger partial charge in [-0.2, -0.15) is 0 Å². The van der Waals surface area contributed by atoms with Gasteiger partial charge >= 0.3 is 17.9 Å². The SMILES string of the molecule is CC/C=C\C/C=C\C/C=C\C/C=C\CCCCC(=O)OC(COC(=O)CCCCC/C=C\C/C=C\C/C=C\CC)COC(=O)CCCCCCC/C=C\CCCCCCCCC. The molecule has 0 saturated carbocycles. The predicted octanol–water partition coefficient (Wildman–Crippen LogP) is 16.6. The van der Waals surface area contributed by atoms with Gasteiger partial charge in [0.15, 0.2) is 6.10 Å². The topological polar surface area (TPSA) is 78.9 Å². The number of rotatable bonds is 44. The van der Waals surface area contributed by atoms with Crippen LogP contribution in [0, 0.1) is 0 Å². The second-order valence-electron chi connectivity index (χ2n) is 16.3. The van der Waals surface area contributed by atoms with Crippen LogP contribution < -0.4 is 0 Å². The lowest BCUT2D eigenvalue weighted by atomic mass is 10.1. The number of ether oxygens (including phenoxy) is 3. The molecule has 0 aliphatic carbocycles. The van der Waals surface area contributed by atoms with E-state index in [4.69, 9.17) is 14.2 Å². The van der Waals surface area contributed by atoms with Crippen molar-refractivity contribution >= 4 is 17.9 Å². The number of unbranched alkanes of at least 4 members (excludes halogenated alkanes) is 17. The summed E-state index contributed by atoms with van der Waals surface area (Å²) in [6, 6.07) is 0. The van der Waals surface area contributed by atoms with Gasteiger partial charge in [-0.15, -0.1) is 0 Å². The Balaban J connectivity index is 4.51. The fraction of sp³-hybridized carbons (Fsp3) is 0.661. The van der Waals surface area contributed by atoms with Gasteiger partial charge in [0.1, 0.15) is 13.2 Å². The van der Waals surface area contributed by atoms with Crippen LogP contribution >= 0.6 is 0 Å². The zero-order chi connectivity index (χ0) is 45.1. The van der Waals surface area contributed by atoms with E-state index in [1.54, 1.807) is 0 Å². The van der Waals surface area contributed by atoms with Crippen LogP contribution in [0.3, 0.4) is 0 Å². The van der Waals surface area contributed by atoms with Crippen molar-refractivity contribution in [1.29, 1.82) is 0 Å². The maximum atomic E-state index is 12.8. The lowest BCUT2D eigenvalue weighted by Crippen LogP contribution is -2.30. The molecule has 0 saturated heterocycles. The van der Waals surface area contributed by atoms with Crippen LogP contribution in [0.4, 0.5) is 0 Å². The summed E-state index contributed by atoms with van der Waals surface area (Å²) in [6.07, 6.45) is 65.4. The number of hydrogen-bond donors (Lipinski definition) is 0. The van der Waals surface area contributed by atoms with E-state index >= 15 is 0 Å². The zero-order valence-corrected chi connectivity index (χ0v) is 40.1. The third kappa shape index (κ3) is 47.4. The lowest BCUT2D eigenvalue weighted by molar-refractivity contribution is -0.167. The van der Waals surface area contributed by atoms with Gasteiger partial charge in [0.2, 0.25) is 0 Å². The summed E-state index contributed by atoms with van der Waals surface area (Å²) in [5.41, 5.74) is 0. The summed E-state index contributed by atoms with van der Waals surface area (Å²) in [5.74, 6) is -0.994. The fourth-order valence-electron chi connectivity index (χ4n) is 6.56. The summed E-state index contributed by atoms with van der Waals surface area (Å²) >= 11 is 0. The number of esters is 3. The molecular weight excluding hydrogens is 769 g/mol. The summed E-state index contributed by atoms with van der Waals surface area (Å²) in [6.45, 7) is 6.32. The Morgan fingerprint density at radius 3 is 1.05 bits per heavy atom. The van der Waals surface area contributed by atoms with Crippen LogP contribution in [0.1, 0.15) is 220 Å². The van der Waals surface area contributed by atoms with E-state index in [0.717, 1.165) is 116 Å². The molecule has 0 aromatic carbocycles. The second kappa shape index (κ2) is 50.0. The van der Waals surface area contributed by atoms with E-state index in [2.05, 4.69) is 118 Å². The van der Waals surface area contributed by atoms with Gasteiger partial charge in [-0.1, -0.05) is 182 Å². The highest BCUT2D eigenvalue weighted by Crippen LogP contribution is 2.13. The quantitative estimate of drug-likeness (QED) is 0.0263. The van der Waals surface area contributed by atoms with Crippen molar-refractivity contribution in [3.63, 3.8) is 0 Å². The molecule has 0 spiro atoms. The monoisotopic (exact) mass is 861 g/mol. The van der Waals surface area contributed by atoms with Crippen LogP contribution in [-0.4, -0.2) is 37.2 Å². The van der Waals surface area contributed by atoms with Crippen molar-refractivity contribution in [3.05, 3.63) is 97.2 Å². The number of allylic oxidation sites excluding steroid dienone is 16. The van der Waals surface area contributed by atoms with Gasteiger partial charge in [0.05, 0.1) is 0 Å². The van der Waals surface area contributed by atoms with Crippen molar-refractivity contribution in [3.8, 4) is 0 Å². The number of carbonyl (C=O) groups is 3. The molecule has 1 atom stereocenters. The molecule has 6 nitrogen and oxygen atoms in total. The van der Waals surface area contributed by atoms with Crippen LogP contribution in [0.25, 0.3) is 0 Å². The van der Waals surface area contributed by atoms with Gasteiger partial charge < -0.3 is 14.2 Å². The van der Waals surface area contributed by atoms with Gasteiger partial charge in [-0.3, -0.25) is 14.4 Å². The Bertz CT molecular complexity index is 1260. The molecule has 0 bridgehead atoms. The Kier molecular flexibility index (Phi) is 47.0. The highest BCUT2D eigenvalue weighted by Gasteiger charge is 2.19. The molecule has 0 heterocycles. The summed E-state index contributed by atoms with van der Waals surface area (Å²) < 4.78 is 16.7. The maximum Gasteiger partial charge on any atom is 0.306 e. The van der Waals surface area contributed by atoms with E-state index in [1.165, 1.54) is 57.8 Å². The van der Waals surface area contributed by atoms with E-state index in [0.29, 0.717) is 19.3 Å². The first-order valence-electron chi connectivity index (χ1n) is 25.2. The van der Waals surface area contributed by atoms with Gasteiger partial charge in [-0.05, 0) is 116 Å². The number of carbonyl (C=O) groups excluding carboxylic acids is 3. The zero-order valence-electron chi connectivity index (χ0n) is 40.1. The smallest absolute Gasteiger partial charge is 0.306 e. The minimum absolute atomic E-state index is 0.109. The van der Waals surface area contributed by atoms with Crippen LogP contribution in [0.15, 0.2) is 97.2 Å². The summed E-state index contributed by atoms with van der Waals surface area (Å²) in [5, 5.41) is 0. The van der Waals surface area contributed by atoms with Crippen molar-refractivity contribution in [1.82, 2.24) is 0 Å². The second-order valence-corrected chi connectivity index (χ2v) is 16.3. The molecule has 0 aromatic heterocycles. The first-order valence-corrected chi connectivity index (χ1v) is 25.2. The fourth-order valence-corrected chi connectivity index (χ4v) is 6.56. The third-order valence-corrected chi connectivity index (χ3v) is 10.3. The average Bonchev–Trinajstić information content (AvgIpc) is 3.27. The van der Waals surface area contributed by atoms with E-state index in [1.807, 2.05) is 0 Å². The molecule has 0 N–H and O–H groups in total. The van der Waals surface area contributed by atoms with E-state index < -0.39 is 6.10 Å². The van der Waals surface area contributed by atoms with Crippen LogP contribution in [-0.2, 0) is 28.6 Å². The van der Waals surface area contributed by atoms with Gasteiger partial charge in [0, 0.05) is 19.3 Å². The standard InChI is InChI=1S/C56H92O6/c1-4-7-10-13-16-19-22-25-27-29-31-34-37-40-43-46-49-55(58)61-52-53(51-60-54(57)48-45-42-39-36-33-30-24-21-18-15-12-9-6-3)62-56(59)50-47-44-41-38-35-32-28-26-23-20-17-14-11-8-5-2/h8-9,11-12,17-18,20-21,26-30,33,35,38,53H,4-7,10,13-16,19,22-25,31-32,34,36-37,39-52H2,1-3H3/b11-8-,12-9-,20-17-,21-18-,28-26-,29-27-,33-30-,38-35-. The minimum atomic E-state index is -0.814. The van der Waals surface area contributed by atoms with Crippen LogP contribution in [0.5, 0.6) is 0 Å². The van der Waals surface area contributed by atoms with Crippen molar-refractivity contribution in [2.75, 3.05) is 13.2 Å². The van der Waals surface area contributed by atoms with Gasteiger partial charge in [0.25, 0.3) is 0 Å². The molecule has 0 aliphatic rings. The average molecular weight is 861 g/mol. The molecule has 0 aliphatic heterocycles. The molecule has 0 fully saturated rings. The van der Waals surface area contributed by atoms with Crippen molar-refractivity contribution in [2.24, 2.45) is 0 Å². The molecular formula is C56H92O6. The molecule has 0 radical (unpaired) electrons. The summed E-state index contributed by atoms with van der Waals surface area (Å²) in [4.78, 5) is 37.9. The number of hydrogen-bond acceptors (Lipinski definition) is 6. The first kappa shape index (κ1) is 58.3. The van der Waals surface area contributed by atoms with E-state index in [-0.39, 0.29) is 37.5 Å². The molecule has 6 heteroatoms. The Hall–Kier alpha value is -3.67. The maximum absolute atomic E-state index is 12.8. The Morgan fingerprint density at radius 2 is 0.629 bits per heavy atom. The Labute approximate surface area is 381 Å². The Morgan fingerprint density at radius 1 is 0.339 bits per heavy atom. The molecule has 0 rings (SSSR count). The van der Waals surface area contributed by atoms with Gasteiger partial charge in [-0.25, -0.2) is 0 Å². The highest BCUT2D eigenvalue weighted by molar-refractivity contribution is 5.71. The van der Waals surface area contributed by atoms with Crippen LogP contribution in [0.2, 0.25) is 0 Å². The minimum Gasteiger partial charge on any atom is -0.462 e. The normalized spacial score (nSPS) is 12.9.